The van der Waals surface area contributed by atoms with Crippen LogP contribution in [0.2, 0.25) is 0 Å². The molecular formula is C18H34N2O5. The molecule has 2 rings (SSSR count). The molecule has 0 aromatic heterocycles. The number of aliphatic hydroxyl groups is 1. The van der Waals surface area contributed by atoms with Gasteiger partial charge in [-0.15, -0.1) is 0 Å². The number of hydrogen-bond donors (Lipinski definition) is 1. The van der Waals surface area contributed by atoms with Crippen LogP contribution in [-0.4, -0.2) is 99.3 Å². The highest BCUT2D eigenvalue weighted by atomic mass is 16.5. The van der Waals surface area contributed by atoms with Gasteiger partial charge in [-0.05, 0) is 32.1 Å². The maximum atomic E-state index is 12.6. The molecule has 0 aromatic carbocycles. The van der Waals surface area contributed by atoms with Crippen molar-refractivity contribution in [2.75, 3.05) is 60.2 Å². The topological polar surface area (TPSA) is 71.5 Å². The number of carbonyl (C=O) groups is 1. The van der Waals surface area contributed by atoms with Gasteiger partial charge < -0.3 is 24.2 Å². The standard InChI is InChI=1S/C18H34N2O5/c1-23-13-11-19(12-14-24-2)10-7-15-5-6-16(21)17(25-15)18(22)20-8-3-4-9-20/h15-17,21H,3-14H2,1-2H3. The van der Waals surface area contributed by atoms with Gasteiger partial charge in [-0.3, -0.25) is 9.69 Å². The molecule has 146 valence electrons. The Kier molecular flexibility index (Phi) is 9.12. The molecule has 2 heterocycles. The summed E-state index contributed by atoms with van der Waals surface area (Å²) in [6.45, 7) is 5.53. The van der Waals surface area contributed by atoms with Gasteiger partial charge in [0.15, 0.2) is 6.10 Å². The van der Waals surface area contributed by atoms with Gasteiger partial charge in [0.25, 0.3) is 5.91 Å². The van der Waals surface area contributed by atoms with E-state index in [1.165, 1.54) is 0 Å². The zero-order valence-corrected chi connectivity index (χ0v) is 15.7. The van der Waals surface area contributed by atoms with E-state index < -0.39 is 12.2 Å². The Morgan fingerprint density at radius 1 is 1.12 bits per heavy atom. The second-order valence-electron chi connectivity index (χ2n) is 6.97. The summed E-state index contributed by atoms with van der Waals surface area (Å²) in [5, 5.41) is 10.2. The maximum absolute atomic E-state index is 12.6. The Balaban J connectivity index is 1.81. The number of hydrogen-bond acceptors (Lipinski definition) is 6. The Hall–Kier alpha value is -0.730. The first kappa shape index (κ1) is 20.6. The van der Waals surface area contributed by atoms with E-state index >= 15 is 0 Å². The van der Waals surface area contributed by atoms with Crippen LogP contribution in [0.15, 0.2) is 0 Å². The summed E-state index contributed by atoms with van der Waals surface area (Å²) in [7, 11) is 3.41. The van der Waals surface area contributed by atoms with Gasteiger partial charge in [-0.2, -0.15) is 0 Å². The van der Waals surface area contributed by atoms with Gasteiger partial charge in [0, 0.05) is 46.9 Å². The monoisotopic (exact) mass is 358 g/mol. The lowest BCUT2D eigenvalue weighted by Gasteiger charge is -2.36. The SMILES string of the molecule is COCCN(CCOC)CCC1CCC(O)C(C(=O)N2CCCC2)O1. The van der Waals surface area contributed by atoms with E-state index in [9.17, 15) is 9.90 Å². The van der Waals surface area contributed by atoms with Crippen molar-refractivity contribution in [2.45, 2.75) is 50.4 Å². The number of amides is 1. The summed E-state index contributed by atoms with van der Waals surface area (Å²) in [6, 6.07) is 0. The summed E-state index contributed by atoms with van der Waals surface area (Å²) < 4.78 is 16.3. The number of rotatable bonds is 10. The lowest BCUT2D eigenvalue weighted by Crippen LogP contribution is -2.50. The molecule has 7 heteroatoms. The molecule has 0 radical (unpaired) electrons. The lowest BCUT2D eigenvalue weighted by atomic mass is 9.98. The van der Waals surface area contributed by atoms with Crippen molar-refractivity contribution < 1.29 is 24.1 Å². The van der Waals surface area contributed by atoms with E-state index in [4.69, 9.17) is 14.2 Å². The van der Waals surface area contributed by atoms with Gasteiger partial charge in [0.2, 0.25) is 0 Å². The Morgan fingerprint density at radius 3 is 2.36 bits per heavy atom. The smallest absolute Gasteiger partial charge is 0.254 e. The van der Waals surface area contributed by atoms with Crippen LogP contribution >= 0.6 is 0 Å². The van der Waals surface area contributed by atoms with Crippen LogP contribution in [0.3, 0.4) is 0 Å². The van der Waals surface area contributed by atoms with Crippen molar-refractivity contribution >= 4 is 5.91 Å². The highest BCUT2D eigenvalue weighted by Gasteiger charge is 2.38. The fourth-order valence-corrected chi connectivity index (χ4v) is 3.53. The number of likely N-dealkylation sites (tertiary alicyclic amines) is 1. The second-order valence-corrected chi connectivity index (χ2v) is 6.97. The Labute approximate surface area is 151 Å². The fourth-order valence-electron chi connectivity index (χ4n) is 3.53. The summed E-state index contributed by atoms with van der Waals surface area (Å²) >= 11 is 0. The van der Waals surface area contributed by atoms with E-state index in [2.05, 4.69) is 4.90 Å². The van der Waals surface area contributed by atoms with Crippen molar-refractivity contribution in [3.63, 3.8) is 0 Å². The van der Waals surface area contributed by atoms with Gasteiger partial charge >= 0.3 is 0 Å². The molecule has 0 bridgehead atoms. The minimum absolute atomic E-state index is 0.0209. The molecule has 0 spiro atoms. The number of ether oxygens (including phenoxy) is 3. The zero-order valence-electron chi connectivity index (χ0n) is 15.7. The highest BCUT2D eigenvalue weighted by Crippen LogP contribution is 2.24. The van der Waals surface area contributed by atoms with Crippen molar-refractivity contribution in [2.24, 2.45) is 0 Å². The summed E-state index contributed by atoms with van der Waals surface area (Å²) in [6.07, 6.45) is 3.03. The highest BCUT2D eigenvalue weighted by molar-refractivity contribution is 5.82. The van der Waals surface area contributed by atoms with Gasteiger partial charge in [-0.25, -0.2) is 0 Å². The maximum Gasteiger partial charge on any atom is 0.254 e. The van der Waals surface area contributed by atoms with E-state index in [-0.39, 0.29) is 12.0 Å². The van der Waals surface area contributed by atoms with Gasteiger partial charge in [0.1, 0.15) is 0 Å². The van der Waals surface area contributed by atoms with Crippen LogP contribution in [0, 0.1) is 0 Å². The van der Waals surface area contributed by atoms with Crippen LogP contribution in [-0.2, 0) is 19.0 Å². The van der Waals surface area contributed by atoms with E-state index in [0.29, 0.717) is 19.6 Å². The number of aliphatic hydroxyl groups excluding tert-OH is 1. The van der Waals surface area contributed by atoms with Gasteiger partial charge in [-0.1, -0.05) is 0 Å². The molecule has 3 atom stereocenters. The minimum Gasteiger partial charge on any atom is -0.390 e. The fraction of sp³-hybridized carbons (Fsp3) is 0.944. The molecule has 0 saturated carbocycles. The van der Waals surface area contributed by atoms with Crippen molar-refractivity contribution in [3.05, 3.63) is 0 Å². The van der Waals surface area contributed by atoms with Crippen molar-refractivity contribution in [1.82, 2.24) is 9.80 Å². The molecule has 1 N–H and O–H groups in total. The molecule has 1 amide bonds. The number of carbonyl (C=O) groups excluding carboxylic acids is 1. The van der Waals surface area contributed by atoms with E-state index in [1.807, 2.05) is 4.90 Å². The average molecular weight is 358 g/mol. The molecule has 3 unspecified atom stereocenters. The van der Waals surface area contributed by atoms with Crippen molar-refractivity contribution in [3.8, 4) is 0 Å². The predicted octanol–water partition coefficient (Wildman–Crippen LogP) is 0.502. The first-order chi connectivity index (χ1) is 12.2. The Bertz CT molecular complexity index is 382. The van der Waals surface area contributed by atoms with E-state index in [0.717, 1.165) is 58.4 Å². The van der Waals surface area contributed by atoms with Crippen LogP contribution in [0.1, 0.15) is 32.1 Å². The third-order valence-electron chi connectivity index (χ3n) is 5.12. The largest absolute Gasteiger partial charge is 0.390 e. The second kappa shape index (κ2) is 11.1. The third-order valence-corrected chi connectivity index (χ3v) is 5.12. The Morgan fingerprint density at radius 2 is 1.76 bits per heavy atom. The van der Waals surface area contributed by atoms with E-state index in [1.54, 1.807) is 14.2 Å². The average Bonchev–Trinajstić information content (AvgIpc) is 3.16. The third kappa shape index (κ3) is 6.49. The molecule has 0 aliphatic carbocycles. The molecule has 2 aliphatic heterocycles. The molecular weight excluding hydrogens is 324 g/mol. The molecule has 2 saturated heterocycles. The molecule has 0 aromatic rings. The molecule has 2 aliphatic rings. The zero-order chi connectivity index (χ0) is 18.1. The first-order valence-electron chi connectivity index (χ1n) is 9.48. The number of nitrogens with zero attached hydrogens (tertiary/aromatic N) is 2. The lowest BCUT2D eigenvalue weighted by molar-refractivity contribution is -0.167. The first-order valence-corrected chi connectivity index (χ1v) is 9.48. The van der Waals surface area contributed by atoms with Crippen LogP contribution < -0.4 is 0 Å². The number of methoxy groups -OCH3 is 2. The molecule has 7 nitrogen and oxygen atoms in total. The summed E-state index contributed by atoms with van der Waals surface area (Å²) in [4.78, 5) is 16.7. The molecule has 25 heavy (non-hydrogen) atoms. The minimum atomic E-state index is -0.691. The van der Waals surface area contributed by atoms with Crippen LogP contribution in [0.4, 0.5) is 0 Å². The van der Waals surface area contributed by atoms with Crippen LogP contribution in [0.25, 0.3) is 0 Å². The van der Waals surface area contributed by atoms with Crippen molar-refractivity contribution in [1.29, 1.82) is 0 Å². The predicted molar refractivity (Wildman–Crippen MR) is 94.5 cm³/mol. The summed E-state index contributed by atoms with van der Waals surface area (Å²) in [5.74, 6) is -0.0367. The van der Waals surface area contributed by atoms with Gasteiger partial charge in [0.05, 0.1) is 25.4 Å². The normalized spacial score (nSPS) is 27.2. The summed E-state index contributed by atoms with van der Waals surface area (Å²) in [5.41, 5.74) is 0. The quantitative estimate of drug-likeness (QED) is 0.613. The van der Waals surface area contributed by atoms with Crippen LogP contribution in [0.5, 0.6) is 0 Å². The molecule has 2 fully saturated rings.